The predicted octanol–water partition coefficient (Wildman–Crippen LogP) is 2.26. The molecule has 1 aliphatic rings. The molecule has 0 saturated heterocycles. The highest BCUT2D eigenvalue weighted by Crippen LogP contribution is 2.16. The van der Waals surface area contributed by atoms with E-state index in [1.54, 1.807) is 0 Å². The minimum Gasteiger partial charge on any atom is -0.481 e. The van der Waals surface area contributed by atoms with Crippen molar-refractivity contribution < 1.29 is 14.6 Å². The first-order valence-corrected chi connectivity index (χ1v) is 6.09. The number of halogens is 1. The summed E-state index contributed by atoms with van der Waals surface area (Å²) in [6.07, 6.45) is 0.302. The van der Waals surface area contributed by atoms with Crippen molar-refractivity contribution in [1.29, 1.82) is 0 Å². The first kappa shape index (κ1) is 12.1. The van der Waals surface area contributed by atoms with Crippen LogP contribution in [0.25, 0.3) is 0 Å². The highest BCUT2D eigenvalue weighted by Gasteiger charge is 2.22. The molecule has 2 rings (SSSR count). The molecule has 0 saturated carbocycles. The minimum atomic E-state index is -0.853. The Morgan fingerprint density at radius 1 is 1.59 bits per heavy atom. The van der Waals surface area contributed by atoms with Crippen molar-refractivity contribution in [2.45, 2.75) is 18.9 Å². The predicted molar refractivity (Wildman–Crippen MR) is 67.3 cm³/mol. The molecule has 0 aliphatic carbocycles. The lowest BCUT2D eigenvalue weighted by Crippen LogP contribution is -2.18. The van der Waals surface area contributed by atoms with Crippen molar-refractivity contribution in [3.63, 3.8) is 0 Å². The Bertz CT molecular complexity index is 459. The van der Waals surface area contributed by atoms with Gasteiger partial charge < -0.3 is 9.84 Å². The lowest BCUT2D eigenvalue weighted by Gasteiger charge is -2.08. The number of aliphatic carboxylic acids is 1. The van der Waals surface area contributed by atoms with E-state index in [9.17, 15) is 4.79 Å². The van der Waals surface area contributed by atoms with E-state index in [1.165, 1.54) is 0 Å². The average molecular weight is 298 g/mol. The monoisotopic (exact) mass is 297 g/mol. The van der Waals surface area contributed by atoms with Gasteiger partial charge >= 0.3 is 5.97 Å². The standard InChI is InChI=1S/C12H12BrNO3/c13-9-3-1-2-8(4-9)5-11-14-7-10(17-11)6-12(15)16/h1-4,10H,5-7H2,(H,15,16). The lowest BCUT2D eigenvalue weighted by molar-refractivity contribution is -0.138. The van der Waals surface area contributed by atoms with E-state index in [-0.39, 0.29) is 12.5 Å². The number of nitrogens with zero attached hydrogens (tertiary/aromatic N) is 1. The van der Waals surface area contributed by atoms with E-state index in [2.05, 4.69) is 20.9 Å². The second kappa shape index (κ2) is 5.31. The van der Waals surface area contributed by atoms with Gasteiger partial charge in [0.05, 0.1) is 13.0 Å². The van der Waals surface area contributed by atoms with Gasteiger partial charge in [-0.15, -0.1) is 0 Å². The molecule has 0 fully saturated rings. The third-order valence-corrected chi connectivity index (χ3v) is 2.91. The lowest BCUT2D eigenvalue weighted by atomic mass is 10.1. The molecule has 1 unspecified atom stereocenters. The fraction of sp³-hybridized carbons (Fsp3) is 0.333. The van der Waals surface area contributed by atoms with Crippen LogP contribution in [-0.2, 0) is 16.0 Å². The van der Waals surface area contributed by atoms with Crippen LogP contribution in [0.2, 0.25) is 0 Å². The normalized spacial score (nSPS) is 18.6. The fourth-order valence-corrected chi connectivity index (χ4v) is 2.14. The highest BCUT2D eigenvalue weighted by molar-refractivity contribution is 9.10. The summed E-state index contributed by atoms with van der Waals surface area (Å²) in [4.78, 5) is 14.7. The van der Waals surface area contributed by atoms with Gasteiger partial charge in [0.15, 0.2) is 5.90 Å². The van der Waals surface area contributed by atoms with Crippen molar-refractivity contribution in [3.05, 3.63) is 34.3 Å². The second-order valence-electron chi connectivity index (χ2n) is 3.88. The quantitative estimate of drug-likeness (QED) is 0.927. The average Bonchev–Trinajstić information content (AvgIpc) is 2.64. The van der Waals surface area contributed by atoms with Gasteiger partial charge in [-0.3, -0.25) is 9.79 Å². The summed E-state index contributed by atoms with van der Waals surface area (Å²) in [5.41, 5.74) is 1.09. The number of carboxylic acid groups (broad SMARTS) is 1. The molecule has 0 bridgehead atoms. The summed E-state index contributed by atoms with van der Waals surface area (Å²) in [5, 5.41) is 8.65. The molecule has 0 spiro atoms. The summed E-state index contributed by atoms with van der Waals surface area (Å²) in [5.74, 6) is -0.233. The van der Waals surface area contributed by atoms with Gasteiger partial charge in [0, 0.05) is 10.9 Å². The summed E-state index contributed by atoms with van der Waals surface area (Å²) >= 11 is 3.40. The van der Waals surface area contributed by atoms with Crippen LogP contribution in [0.3, 0.4) is 0 Å². The molecule has 1 heterocycles. The smallest absolute Gasteiger partial charge is 0.307 e. The number of hydrogen-bond acceptors (Lipinski definition) is 3. The van der Waals surface area contributed by atoms with Gasteiger partial charge in [0.1, 0.15) is 6.10 Å². The maximum atomic E-state index is 10.5. The molecule has 0 amide bonds. The van der Waals surface area contributed by atoms with Gasteiger partial charge in [-0.2, -0.15) is 0 Å². The molecule has 0 radical (unpaired) electrons. The van der Waals surface area contributed by atoms with Crippen LogP contribution in [0.5, 0.6) is 0 Å². The number of rotatable bonds is 4. The maximum absolute atomic E-state index is 10.5. The Kier molecular flexibility index (Phi) is 3.78. The molecule has 0 aromatic heterocycles. The van der Waals surface area contributed by atoms with Gasteiger partial charge in [-0.1, -0.05) is 28.1 Å². The molecular formula is C12H12BrNO3. The van der Waals surface area contributed by atoms with Gasteiger partial charge in [-0.25, -0.2) is 0 Å². The van der Waals surface area contributed by atoms with Crippen LogP contribution in [0.15, 0.2) is 33.7 Å². The van der Waals surface area contributed by atoms with E-state index in [0.717, 1.165) is 10.0 Å². The molecule has 4 nitrogen and oxygen atoms in total. The van der Waals surface area contributed by atoms with Crippen LogP contribution < -0.4 is 0 Å². The molecule has 5 heteroatoms. The van der Waals surface area contributed by atoms with Crippen molar-refractivity contribution in [1.82, 2.24) is 0 Å². The minimum absolute atomic E-state index is 0.00544. The fourth-order valence-electron chi connectivity index (χ4n) is 1.69. The van der Waals surface area contributed by atoms with Crippen molar-refractivity contribution in [2.75, 3.05) is 6.54 Å². The largest absolute Gasteiger partial charge is 0.481 e. The Balaban J connectivity index is 1.91. The first-order chi connectivity index (χ1) is 8.13. The Morgan fingerprint density at radius 2 is 2.41 bits per heavy atom. The van der Waals surface area contributed by atoms with E-state index in [1.807, 2.05) is 24.3 Å². The van der Waals surface area contributed by atoms with E-state index in [4.69, 9.17) is 9.84 Å². The zero-order valence-electron chi connectivity index (χ0n) is 9.10. The van der Waals surface area contributed by atoms with E-state index >= 15 is 0 Å². The number of ether oxygens (including phenoxy) is 1. The van der Waals surface area contributed by atoms with Crippen molar-refractivity contribution in [2.24, 2.45) is 4.99 Å². The number of hydrogen-bond donors (Lipinski definition) is 1. The maximum Gasteiger partial charge on any atom is 0.307 e. The van der Waals surface area contributed by atoms with Gasteiger partial charge in [0.25, 0.3) is 0 Å². The van der Waals surface area contributed by atoms with Crippen LogP contribution in [0.1, 0.15) is 12.0 Å². The molecule has 1 aliphatic heterocycles. The Hall–Kier alpha value is -1.36. The first-order valence-electron chi connectivity index (χ1n) is 5.29. The summed E-state index contributed by atoms with van der Waals surface area (Å²) in [7, 11) is 0. The topological polar surface area (TPSA) is 58.9 Å². The Labute approximate surface area is 107 Å². The van der Waals surface area contributed by atoms with Crippen LogP contribution in [0, 0.1) is 0 Å². The Morgan fingerprint density at radius 3 is 3.12 bits per heavy atom. The zero-order valence-corrected chi connectivity index (χ0v) is 10.7. The van der Waals surface area contributed by atoms with Crippen molar-refractivity contribution in [3.8, 4) is 0 Å². The van der Waals surface area contributed by atoms with Gasteiger partial charge in [0.2, 0.25) is 0 Å². The number of aliphatic imine (C=N–C) groups is 1. The SMILES string of the molecule is O=C(O)CC1CN=C(Cc2cccc(Br)c2)O1. The molecule has 1 atom stereocenters. The van der Waals surface area contributed by atoms with E-state index < -0.39 is 5.97 Å². The highest BCUT2D eigenvalue weighted by atomic mass is 79.9. The molecule has 17 heavy (non-hydrogen) atoms. The number of benzene rings is 1. The van der Waals surface area contributed by atoms with Crippen LogP contribution in [0.4, 0.5) is 0 Å². The second-order valence-corrected chi connectivity index (χ2v) is 4.79. The van der Waals surface area contributed by atoms with Gasteiger partial charge in [-0.05, 0) is 17.7 Å². The van der Waals surface area contributed by atoms with Crippen LogP contribution >= 0.6 is 15.9 Å². The number of carboxylic acids is 1. The molecule has 1 aromatic rings. The van der Waals surface area contributed by atoms with E-state index in [0.29, 0.717) is 18.9 Å². The summed E-state index contributed by atoms with van der Waals surface area (Å²) in [6.45, 7) is 0.440. The zero-order chi connectivity index (χ0) is 12.3. The summed E-state index contributed by atoms with van der Waals surface area (Å²) < 4.78 is 6.48. The third-order valence-electron chi connectivity index (χ3n) is 2.42. The number of carbonyl (C=O) groups is 1. The summed E-state index contributed by atoms with van der Waals surface area (Å²) in [6, 6.07) is 7.88. The third kappa shape index (κ3) is 3.56. The molecular weight excluding hydrogens is 286 g/mol. The molecule has 1 aromatic carbocycles. The molecule has 90 valence electrons. The van der Waals surface area contributed by atoms with Crippen molar-refractivity contribution >= 4 is 27.8 Å². The molecule has 1 N–H and O–H groups in total. The van der Waals surface area contributed by atoms with Crippen LogP contribution in [-0.4, -0.2) is 29.6 Å².